The predicted molar refractivity (Wildman–Crippen MR) is 89.8 cm³/mol. The summed E-state index contributed by atoms with van der Waals surface area (Å²) in [7, 11) is 0. The van der Waals surface area contributed by atoms with E-state index in [1.54, 1.807) is 0 Å². The van der Waals surface area contributed by atoms with Crippen LogP contribution in [-0.2, 0) is 11.3 Å². The first kappa shape index (κ1) is 16.7. The largest absolute Gasteiger partial charge is 0.394 e. The molecule has 1 heterocycles. The summed E-state index contributed by atoms with van der Waals surface area (Å²) in [6, 6.07) is 6.81. The molecule has 0 saturated carbocycles. The first-order valence-corrected chi connectivity index (χ1v) is 8.43. The standard InChI is InChI=1S/C16H25BrN2O2/c1-3-6-18-8-13-4-5-14(7-16(13)17)19-9-15(10-20)21-11-12(19)2/h4-5,7,12,15,18,20H,3,6,8-11H2,1-2H3. The van der Waals surface area contributed by atoms with Gasteiger partial charge in [-0.25, -0.2) is 0 Å². The number of nitrogens with one attached hydrogen (secondary N) is 1. The zero-order chi connectivity index (χ0) is 15.2. The molecular formula is C16H25BrN2O2. The molecule has 1 aliphatic heterocycles. The smallest absolute Gasteiger partial charge is 0.0981 e. The Morgan fingerprint density at radius 2 is 2.29 bits per heavy atom. The highest BCUT2D eigenvalue weighted by atomic mass is 79.9. The lowest BCUT2D eigenvalue weighted by Crippen LogP contribution is -2.49. The molecule has 1 fully saturated rings. The molecule has 0 aromatic heterocycles. The minimum absolute atomic E-state index is 0.0728. The molecule has 0 amide bonds. The molecule has 1 saturated heterocycles. The number of nitrogens with zero attached hydrogens (tertiary/aromatic N) is 1. The molecule has 0 spiro atoms. The van der Waals surface area contributed by atoms with E-state index in [4.69, 9.17) is 4.74 Å². The van der Waals surface area contributed by atoms with Crippen LogP contribution in [0.4, 0.5) is 5.69 Å². The highest BCUT2D eigenvalue weighted by molar-refractivity contribution is 9.10. The minimum Gasteiger partial charge on any atom is -0.394 e. The Kier molecular flexibility index (Phi) is 6.48. The first-order chi connectivity index (χ1) is 10.2. The summed E-state index contributed by atoms with van der Waals surface area (Å²) >= 11 is 3.67. The zero-order valence-corrected chi connectivity index (χ0v) is 14.4. The summed E-state index contributed by atoms with van der Waals surface area (Å²) in [6.07, 6.45) is 1.05. The number of hydrogen-bond donors (Lipinski definition) is 2. The van der Waals surface area contributed by atoms with Gasteiger partial charge in [0.15, 0.2) is 0 Å². The zero-order valence-electron chi connectivity index (χ0n) is 12.8. The third-order valence-corrected chi connectivity index (χ3v) is 4.56. The number of aliphatic hydroxyl groups is 1. The van der Waals surface area contributed by atoms with E-state index < -0.39 is 0 Å². The van der Waals surface area contributed by atoms with Crippen molar-refractivity contribution in [3.63, 3.8) is 0 Å². The van der Waals surface area contributed by atoms with Gasteiger partial charge in [0, 0.05) is 29.3 Å². The molecule has 2 rings (SSSR count). The number of anilines is 1. The molecule has 2 N–H and O–H groups in total. The third-order valence-electron chi connectivity index (χ3n) is 3.82. The summed E-state index contributed by atoms with van der Waals surface area (Å²) in [5.74, 6) is 0. The predicted octanol–water partition coefficient (Wildman–Crippen LogP) is 2.53. The molecule has 5 heteroatoms. The summed E-state index contributed by atoms with van der Waals surface area (Å²) in [5, 5.41) is 12.7. The Labute approximate surface area is 135 Å². The van der Waals surface area contributed by atoms with Crippen LogP contribution in [0.2, 0.25) is 0 Å². The molecule has 1 aliphatic rings. The van der Waals surface area contributed by atoms with Crippen molar-refractivity contribution in [2.75, 3.05) is 31.2 Å². The second kappa shape index (κ2) is 8.13. The van der Waals surface area contributed by atoms with Gasteiger partial charge in [0.2, 0.25) is 0 Å². The maximum Gasteiger partial charge on any atom is 0.0981 e. The van der Waals surface area contributed by atoms with Crippen molar-refractivity contribution in [3.05, 3.63) is 28.2 Å². The lowest BCUT2D eigenvalue weighted by atomic mass is 10.1. The maximum absolute atomic E-state index is 9.29. The number of aliphatic hydroxyl groups excluding tert-OH is 1. The van der Waals surface area contributed by atoms with Crippen LogP contribution in [-0.4, -0.2) is 43.6 Å². The highest BCUT2D eigenvalue weighted by Crippen LogP contribution is 2.27. The third kappa shape index (κ3) is 4.42. The minimum atomic E-state index is -0.0918. The summed E-state index contributed by atoms with van der Waals surface area (Å²) in [4.78, 5) is 2.30. The SMILES string of the molecule is CCCNCc1ccc(N2CC(CO)OCC2C)cc1Br. The molecule has 0 radical (unpaired) electrons. The highest BCUT2D eigenvalue weighted by Gasteiger charge is 2.26. The van der Waals surface area contributed by atoms with E-state index in [0.717, 1.165) is 30.5 Å². The average molecular weight is 357 g/mol. The van der Waals surface area contributed by atoms with E-state index in [1.807, 2.05) is 0 Å². The molecular weight excluding hydrogens is 332 g/mol. The maximum atomic E-state index is 9.29. The van der Waals surface area contributed by atoms with Gasteiger partial charge in [-0.3, -0.25) is 0 Å². The molecule has 2 unspecified atom stereocenters. The number of rotatable bonds is 6. The molecule has 0 bridgehead atoms. The van der Waals surface area contributed by atoms with Crippen LogP contribution in [0.3, 0.4) is 0 Å². The number of morpholine rings is 1. The summed E-state index contributed by atoms with van der Waals surface area (Å²) in [5.41, 5.74) is 2.45. The van der Waals surface area contributed by atoms with Gasteiger partial charge in [-0.15, -0.1) is 0 Å². The van der Waals surface area contributed by atoms with E-state index in [-0.39, 0.29) is 12.7 Å². The van der Waals surface area contributed by atoms with Crippen LogP contribution in [0.5, 0.6) is 0 Å². The Balaban J connectivity index is 2.07. The van der Waals surface area contributed by atoms with Gasteiger partial charge in [-0.1, -0.05) is 28.9 Å². The van der Waals surface area contributed by atoms with E-state index in [0.29, 0.717) is 12.6 Å². The summed E-state index contributed by atoms with van der Waals surface area (Å²) < 4.78 is 6.72. The molecule has 2 atom stereocenters. The molecule has 4 nitrogen and oxygen atoms in total. The van der Waals surface area contributed by atoms with Gasteiger partial charge in [0.05, 0.1) is 19.3 Å². The van der Waals surface area contributed by atoms with Gasteiger partial charge in [0.25, 0.3) is 0 Å². The average Bonchev–Trinajstić information content (AvgIpc) is 2.49. The van der Waals surface area contributed by atoms with Gasteiger partial charge in [-0.2, -0.15) is 0 Å². The van der Waals surface area contributed by atoms with Crippen LogP contribution < -0.4 is 10.2 Å². The van der Waals surface area contributed by atoms with Gasteiger partial charge in [0.1, 0.15) is 0 Å². The van der Waals surface area contributed by atoms with Crippen molar-refractivity contribution in [3.8, 4) is 0 Å². The Morgan fingerprint density at radius 3 is 2.95 bits per heavy atom. The number of benzene rings is 1. The van der Waals surface area contributed by atoms with Crippen LogP contribution in [0.15, 0.2) is 22.7 Å². The van der Waals surface area contributed by atoms with Crippen molar-refractivity contribution in [1.82, 2.24) is 5.32 Å². The monoisotopic (exact) mass is 356 g/mol. The van der Waals surface area contributed by atoms with Crippen molar-refractivity contribution < 1.29 is 9.84 Å². The van der Waals surface area contributed by atoms with E-state index in [2.05, 4.69) is 58.2 Å². The quantitative estimate of drug-likeness (QED) is 0.768. The van der Waals surface area contributed by atoms with Crippen molar-refractivity contribution >= 4 is 21.6 Å². The van der Waals surface area contributed by atoms with Gasteiger partial charge in [-0.05, 0) is 37.6 Å². The molecule has 1 aromatic carbocycles. The van der Waals surface area contributed by atoms with Gasteiger partial charge >= 0.3 is 0 Å². The van der Waals surface area contributed by atoms with Gasteiger partial charge < -0.3 is 20.1 Å². The fourth-order valence-electron chi connectivity index (χ4n) is 2.55. The molecule has 1 aromatic rings. The van der Waals surface area contributed by atoms with Crippen molar-refractivity contribution in [2.45, 2.75) is 39.0 Å². The van der Waals surface area contributed by atoms with Crippen LogP contribution in [0.25, 0.3) is 0 Å². The number of halogens is 1. The molecule has 118 valence electrons. The fourth-order valence-corrected chi connectivity index (χ4v) is 3.05. The van der Waals surface area contributed by atoms with Crippen molar-refractivity contribution in [2.24, 2.45) is 0 Å². The van der Waals surface area contributed by atoms with Crippen molar-refractivity contribution in [1.29, 1.82) is 0 Å². The fraction of sp³-hybridized carbons (Fsp3) is 0.625. The molecule has 0 aliphatic carbocycles. The normalized spacial score (nSPS) is 22.6. The lowest BCUT2D eigenvalue weighted by molar-refractivity contribution is -0.0103. The van der Waals surface area contributed by atoms with Crippen LogP contribution >= 0.6 is 15.9 Å². The van der Waals surface area contributed by atoms with E-state index in [9.17, 15) is 5.11 Å². The topological polar surface area (TPSA) is 44.7 Å². The second-order valence-electron chi connectivity index (χ2n) is 5.59. The van der Waals surface area contributed by atoms with Crippen LogP contribution in [0, 0.1) is 0 Å². The van der Waals surface area contributed by atoms with Crippen LogP contribution in [0.1, 0.15) is 25.8 Å². The molecule has 21 heavy (non-hydrogen) atoms. The Hall–Kier alpha value is -0.620. The van der Waals surface area contributed by atoms with E-state index >= 15 is 0 Å². The number of hydrogen-bond acceptors (Lipinski definition) is 4. The van der Waals surface area contributed by atoms with E-state index in [1.165, 1.54) is 11.3 Å². The lowest BCUT2D eigenvalue weighted by Gasteiger charge is -2.39. The first-order valence-electron chi connectivity index (χ1n) is 7.64. The Bertz CT molecular complexity index is 456. The Morgan fingerprint density at radius 1 is 1.48 bits per heavy atom. The second-order valence-corrected chi connectivity index (χ2v) is 6.45. The summed E-state index contributed by atoms with van der Waals surface area (Å²) in [6.45, 7) is 7.70. The number of ether oxygens (including phenoxy) is 1.